The van der Waals surface area contributed by atoms with Crippen molar-refractivity contribution < 1.29 is 9.84 Å². The van der Waals surface area contributed by atoms with Crippen LogP contribution in [0.25, 0.3) is 0 Å². The molecule has 2 heteroatoms. The van der Waals surface area contributed by atoms with Gasteiger partial charge in [0, 0.05) is 0 Å². The average molecular weight is 172 g/mol. The number of hydrogen-bond donors (Lipinski definition) is 1. The van der Waals surface area contributed by atoms with Gasteiger partial charge in [0.15, 0.2) is 0 Å². The number of unbranched alkanes of at least 4 members (excludes halogenated alkanes) is 2. The molecule has 1 saturated carbocycles. The highest BCUT2D eigenvalue weighted by Crippen LogP contribution is 2.26. The van der Waals surface area contributed by atoms with E-state index in [1.165, 1.54) is 32.1 Å². The lowest BCUT2D eigenvalue weighted by molar-refractivity contribution is -0.00369. The Morgan fingerprint density at radius 1 is 1.42 bits per heavy atom. The second-order valence-electron chi connectivity index (χ2n) is 3.64. The zero-order chi connectivity index (χ0) is 8.81. The van der Waals surface area contributed by atoms with Gasteiger partial charge < -0.3 is 9.84 Å². The molecule has 1 atom stereocenters. The van der Waals surface area contributed by atoms with E-state index in [0.29, 0.717) is 6.10 Å². The first-order chi connectivity index (χ1) is 5.86. The van der Waals surface area contributed by atoms with Crippen LogP contribution in [-0.2, 0) is 4.74 Å². The number of aliphatic hydroxyl groups is 1. The topological polar surface area (TPSA) is 29.5 Å². The van der Waals surface area contributed by atoms with Crippen LogP contribution in [0.4, 0.5) is 0 Å². The summed E-state index contributed by atoms with van der Waals surface area (Å²) in [5.74, 6) is 0. The Morgan fingerprint density at radius 3 is 2.67 bits per heavy atom. The van der Waals surface area contributed by atoms with E-state index in [1.54, 1.807) is 0 Å². The summed E-state index contributed by atoms with van der Waals surface area (Å²) in [6, 6.07) is 0. The fourth-order valence-corrected chi connectivity index (χ4v) is 1.30. The molecule has 0 heterocycles. The van der Waals surface area contributed by atoms with E-state index in [2.05, 4.69) is 6.92 Å². The molecule has 0 bridgehead atoms. The molecular formula is C10H20O2. The largest absolute Gasteiger partial charge is 0.394 e. The van der Waals surface area contributed by atoms with E-state index in [9.17, 15) is 0 Å². The summed E-state index contributed by atoms with van der Waals surface area (Å²) >= 11 is 0. The van der Waals surface area contributed by atoms with Gasteiger partial charge in [0.2, 0.25) is 0 Å². The summed E-state index contributed by atoms with van der Waals surface area (Å²) in [5, 5.41) is 8.98. The number of ether oxygens (including phenoxy) is 1. The van der Waals surface area contributed by atoms with Crippen LogP contribution in [0, 0.1) is 0 Å². The SMILES string of the molecule is CCCCCC(CO)OC1CC1. The van der Waals surface area contributed by atoms with Crippen molar-refractivity contribution in [1.29, 1.82) is 0 Å². The Morgan fingerprint density at radius 2 is 2.17 bits per heavy atom. The second kappa shape index (κ2) is 5.55. The molecule has 2 nitrogen and oxygen atoms in total. The minimum atomic E-state index is 0.115. The third-order valence-corrected chi connectivity index (χ3v) is 2.24. The maximum atomic E-state index is 8.98. The molecule has 1 rings (SSSR count). The first-order valence-corrected chi connectivity index (χ1v) is 5.13. The maximum Gasteiger partial charge on any atom is 0.0809 e. The van der Waals surface area contributed by atoms with E-state index < -0.39 is 0 Å². The molecule has 0 saturated heterocycles. The highest BCUT2D eigenvalue weighted by Gasteiger charge is 2.25. The molecule has 1 N–H and O–H groups in total. The van der Waals surface area contributed by atoms with Crippen molar-refractivity contribution in [2.45, 2.75) is 57.7 Å². The van der Waals surface area contributed by atoms with Gasteiger partial charge in [-0.3, -0.25) is 0 Å². The molecule has 0 amide bonds. The van der Waals surface area contributed by atoms with Gasteiger partial charge in [0.05, 0.1) is 18.8 Å². The number of hydrogen-bond acceptors (Lipinski definition) is 2. The second-order valence-corrected chi connectivity index (χ2v) is 3.64. The molecule has 0 aliphatic heterocycles. The lowest BCUT2D eigenvalue weighted by Gasteiger charge is -2.14. The Bertz CT molecular complexity index is 110. The van der Waals surface area contributed by atoms with Crippen molar-refractivity contribution in [2.75, 3.05) is 6.61 Å². The van der Waals surface area contributed by atoms with Gasteiger partial charge in [-0.2, -0.15) is 0 Å². The molecule has 0 spiro atoms. The molecular weight excluding hydrogens is 152 g/mol. The normalized spacial score (nSPS) is 19.5. The van der Waals surface area contributed by atoms with Gasteiger partial charge >= 0.3 is 0 Å². The fraction of sp³-hybridized carbons (Fsp3) is 1.00. The van der Waals surface area contributed by atoms with Crippen LogP contribution < -0.4 is 0 Å². The Kier molecular flexibility index (Phi) is 4.62. The predicted molar refractivity (Wildman–Crippen MR) is 49.1 cm³/mol. The maximum absolute atomic E-state index is 8.98. The minimum Gasteiger partial charge on any atom is -0.394 e. The van der Waals surface area contributed by atoms with Crippen molar-refractivity contribution in [3.63, 3.8) is 0 Å². The van der Waals surface area contributed by atoms with Gasteiger partial charge in [-0.25, -0.2) is 0 Å². The molecule has 1 unspecified atom stereocenters. The van der Waals surface area contributed by atoms with E-state index in [0.717, 1.165) is 6.42 Å². The standard InChI is InChI=1S/C10H20O2/c1-2-3-4-5-10(8-11)12-9-6-7-9/h9-11H,2-8H2,1H3. The zero-order valence-electron chi connectivity index (χ0n) is 7.96. The molecule has 0 aromatic heterocycles. The molecule has 0 radical (unpaired) electrons. The first-order valence-electron chi connectivity index (χ1n) is 5.13. The van der Waals surface area contributed by atoms with Crippen LogP contribution in [0.5, 0.6) is 0 Å². The molecule has 0 aromatic carbocycles. The van der Waals surface area contributed by atoms with Gasteiger partial charge in [-0.15, -0.1) is 0 Å². The molecule has 0 aromatic rings. The molecule has 1 aliphatic rings. The van der Waals surface area contributed by atoms with Crippen molar-refractivity contribution in [3.05, 3.63) is 0 Å². The summed E-state index contributed by atoms with van der Waals surface area (Å²) in [6.07, 6.45) is 7.70. The Hall–Kier alpha value is -0.0800. The summed E-state index contributed by atoms with van der Waals surface area (Å²) in [5.41, 5.74) is 0. The third-order valence-electron chi connectivity index (χ3n) is 2.24. The van der Waals surface area contributed by atoms with Gasteiger partial charge in [0.1, 0.15) is 0 Å². The smallest absolute Gasteiger partial charge is 0.0809 e. The average Bonchev–Trinajstić information content (AvgIpc) is 2.87. The molecule has 1 aliphatic carbocycles. The molecule has 1 fully saturated rings. The Labute approximate surface area is 74.9 Å². The van der Waals surface area contributed by atoms with Crippen LogP contribution in [0.2, 0.25) is 0 Å². The summed E-state index contributed by atoms with van der Waals surface area (Å²) < 4.78 is 5.61. The molecule has 12 heavy (non-hydrogen) atoms. The highest BCUT2D eigenvalue weighted by molar-refractivity contribution is 4.75. The first kappa shape index (κ1) is 10.0. The Balaban J connectivity index is 1.98. The van der Waals surface area contributed by atoms with Crippen molar-refractivity contribution in [1.82, 2.24) is 0 Å². The van der Waals surface area contributed by atoms with Crippen LogP contribution >= 0.6 is 0 Å². The fourth-order valence-electron chi connectivity index (χ4n) is 1.30. The van der Waals surface area contributed by atoms with Crippen LogP contribution in [0.15, 0.2) is 0 Å². The van der Waals surface area contributed by atoms with Crippen LogP contribution in [-0.4, -0.2) is 23.9 Å². The van der Waals surface area contributed by atoms with Crippen LogP contribution in [0.3, 0.4) is 0 Å². The van der Waals surface area contributed by atoms with Crippen molar-refractivity contribution >= 4 is 0 Å². The summed E-state index contributed by atoms with van der Waals surface area (Å²) in [7, 11) is 0. The van der Waals surface area contributed by atoms with Crippen LogP contribution in [0.1, 0.15) is 45.4 Å². The monoisotopic (exact) mass is 172 g/mol. The highest BCUT2D eigenvalue weighted by atomic mass is 16.5. The van der Waals surface area contributed by atoms with E-state index in [-0.39, 0.29) is 12.7 Å². The zero-order valence-corrected chi connectivity index (χ0v) is 7.96. The minimum absolute atomic E-state index is 0.115. The van der Waals surface area contributed by atoms with E-state index in [4.69, 9.17) is 9.84 Å². The quantitative estimate of drug-likeness (QED) is 0.596. The van der Waals surface area contributed by atoms with Crippen molar-refractivity contribution in [2.24, 2.45) is 0 Å². The van der Waals surface area contributed by atoms with Gasteiger partial charge in [0.25, 0.3) is 0 Å². The van der Waals surface area contributed by atoms with Gasteiger partial charge in [-0.05, 0) is 19.3 Å². The molecule has 72 valence electrons. The lowest BCUT2D eigenvalue weighted by Crippen LogP contribution is -2.18. The van der Waals surface area contributed by atoms with Gasteiger partial charge in [-0.1, -0.05) is 26.2 Å². The number of aliphatic hydroxyl groups excluding tert-OH is 1. The van der Waals surface area contributed by atoms with E-state index in [1.807, 2.05) is 0 Å². The lowest BCUT2D eigenvalue weighted by atomic mass is 10.1. The predicted octanol–water partition coefficient (Wildman–Crippen LogP) is 2.11. The summed E-state index contributed by atoms with van der Waals surface area (Å²) in [6.45, 7) is 2.38. The number of rotatable bonds is 7. The summed E-state index contributed by atoms with van der Waals surface area (Å²) in [4.78, 5) is 0. The van der Waals surface area contributed by atoms with E-state index >= 15 is 0 Å². The van der Waals surface area contributed by atoms with Crippen molar-refractivity contribution in [3.8, 4) is 0 Å². The third kappa shape index (κ3) is 4.07.